The number of hydrogen-bond donors (Lipinski definition) is 3. The van der Waals surface area contributed by atoms with E-state index in [-0.39, 0.29) is 25.7 Å². The highest BCUT2D eigenvalue weighted by atomic mass is 31.2. The second-order valence-electron chi connectivity index (χ2n) is 25.5. The summed E-state index contributed by atoms with van der Waals surface area (Å²) < 4.78 is 68.4. The molecular weight excluding hydrogens is 1380 g/mol. The molecule has 0 saturated carbocycles. The minimum atomic E-state index is -5.03. The van der Waals surface area contributed by atoms with Crippen molar-refractivity contribution in [1.29, 1.82) is 0 Å². The maximum absolute atomic E-state index is 13.1. The first-order chi connectivity index (χ1) is 51.7. The number of phosphoric ester groups is 2. The molecule has 19 heteroatoms. The molecule has 106 heavy (non-hydrogen) atoms. The molecular formula is C87H138O17P2. The topological polar surface area (TPSA) is 237 Å². The van der Waals surface area contributed by atoms with Gasteiger partial charge in [-0.3, -0.25) is 37.3 Å². The molecule has 5 atom stereocenters. The fourth-order valence-corrected chi connectivity index (χ4v) is 11.3. The Bertz CT molecular complexity index is 2780. The lowest BCUT2D eigenvalue weighted by Gasteiger charge is -2.21. The molecule has 0 spiro atoms. The third kappa shape index (κ3) is 76.1. The van der Waals surface area contributed by atoms with Crippen molar-refractivity contribution in [2.24, 2.45) is 0 Å². The lowest BCUT2D eigenvalue weighted by atomic mass is 10.0. The zero-order valence-electron chi connectivity index (χ0n) is 65.3. The predicted molar refractivity (Wildman–Crippen MR) is 436 cm³/mol. The monoisotopic (exact) mass is 1520 g/mol. The molecule has 0 aromatic rings. The first-order valence-electron chi connectivity index (χ1n) is 39.7. The van der Waals surface area contributed by atoms with Gasteiger partial charge in [-0.25, -0.2) is 9.13 Å². The molecule has 0 aliphatic heterocycles. The third-order valence-corrected chi connectivity index (χ3v) is 17.5. The molecule has 0 radical (unpaired) electrons. The highest BCUT2D eigenvalue weighted by Crippen LogP contribution is 2.45. The van der Waals surface area contributed by atoms with Crippen molar-refractivity contribution in [1.82, 2.24) is 0 Å². The van der Waals surface area contributed by atoms with Crippen molar-refractivity contribution >= 4 is 39.5 Å². The summed E-state index contributed by atoms with van der Waals surface area (Å²) in [6.07, 6.45) is 94.5. The number of rotatable bonds is 72. The van der Waals surface area contributed by atoms with Crippen LogP contribution in [0.1, 0.15) is 272 Å². The summed E-state index contributed by atoms with van der Waals surface area (Å²) >= 11 is 0. The molecule has 0 aromatic carbocycles. The van der Waals surface area contributed by atoms with Crippen LogP contribution in [0.15, 0.2) is 194 Å². The van der Waals surface area contributed by atoms with Gasteiger partial charge in [0.1, 0.15) is 19.3 Å². The van der Waals surface area contributed by atoms with Gasteiger partial charge in [-0.2, -0.15) is 0 Å². The Balaban J connectivity index is 5.55. The fourth-order valence-electron chi connectivity index (χ4n) is 9.67. The molecule has 598 valence electrons. The van der Waals surface area contributed by atoms with Crippen molar-refractivity contribution in [3.05, 3.63) is 194 Å². The van der Waals surface area contributed by atoms with Crippen molar-refractivity contribution in [3.8, 4) is 0 Å². The summed E-state index contributed by atoms with van der Waals surface area (Å²) in [6, 6.07) is 0. The van der Waals surface area contributed by atoms with Crippen molar-refractivity contribution in [2.45, 2.75) is 290 Å². The first kappa shape index (κ1) is 99.9. The Morgan fingerprint density at radius 2 is 0.509 bits per heavy atom. The summed E-state index contributed by atoms with van der Waals surface area (Å²) in [7, 11) is -10.0. The van der Waals surface area contributed by atoms with Gasteiger partial charge >= 0.3 is 39.5 Å². The number of aliphatic hydroxyl groups excluding tert-OH is 1. The van der Waals surface area contributed by atoms with E-state index in [0.29, 0.717) is 38.5 Å². The molecule has 0 aliphatic carbocycles. The fraction of sp³-hybridized carbons (Fsp3) is 0.586. The molecule has 5 unspecified atom stereocenters. The smallest absolute Gasteiger partial charge is 0.462 e. The van der Waals surface area contributed by atoms with E-state index in [9.17, 15) is 43.2 Å². The zero-order valence-corrected chi connectivity index (χ0v) is 67.1. The lowest BCUT2D eigenvalue weighted by molar-refractivity contribution is -0.161. The van der Waals surface area contributed by atoms with Crippen LogP contribution in [-0.4, -0.2) is 96.7 Å². The van der Waals surface area contributed by atoms with Crippen LogP contribution >= 0.6 is 15.6 Å². The molecule has 17 nitrogen and oxygen atoms in total. The number of aliphatic hydroxyl groups is 1. The Labute approximate surface area is 640 Å². The van der Waals surface area contributed by atoms with Crippen LogP contribution in [0.25, 0.3) is 0 Å². The number of hydrogen-bond acceptors (Lipinski definition) is 15. The predicted octanol–water partition coefficient (Wildman–Crippen LogP) is 23.3. The van der Waals surface area contributed by atoms with Crippen molar-refractivity contribution < 1.29 is 80.2 Å². The average molecular weight is 1520 g/mol. The van der Waals surface area contributed by atoms with Gasteiger partial charge in [0.05, 0.1) is 26.4 Å². The van der Waals surface area contributed by atoms with E-state index < -0.39 is 97.5 Å². The van der Waals surface area contributed by atoms with E-state index in [1.807, 2.05) is 36.5 Å². The average Bonchev–Trinajstić information content (AvgIpc) is 0.903. The van der Waals surface area contributed by atoms with Crippen LogP contribution in [0, 0.1) is 0 Å². The molecule has 0 aliphatic rings. The molecule has 0 aromatic heterocycles. The van der Waals surface area contributed by atoms with Gasteiger partial charge in [-0.1, -0.05) is 299 Å². The maximum Gasteiger partial charge on any atom is 0.472 e. The highest BCUT2D eigenvalue weighted by Gasteiger charge is 2.30. The number of allylic oxidation sites excluding steroid dienone is 32. The van der Waals surface area contributed by atoms with Crippen LogP contribution in [0.3, 0.4) is 0 Å². The van der Waals surface area contributed by atoms with Gasteiger partial charge in [0, 0.05) is 25.7 Å². The Kier molecular flexibility index (Phi) is 72.6. The number of ether oxygens (including phenoxy) is 4. The van der Waals surface area contributed by atoms with Crippen LogP contribution in [0.2, 0.25) is 0 Å². The number of carbonyl (C=O) groups excluding carboxylic acids is 4. The summed E-state index contributed by atoms with van der Waals surface area (Å²) in [5.74, 6) is -2.44. The Morgan fingerprint density at radius 1 is 0.274 bits per heavy atom. The van der Waals surface area contributed by atoms with Gasteiger partial charge in [0.25, 0.3) is 0 Å². The summed E-state index contributed by atoms with van der Waals surface area (Å²) in [5.41, 5.74) is 0. The largest absolute Gasteiger partial charge is 0.472 e. The zero-order chi connectivity index (χ0) is 77.4. The molecule has 3 N–H and O–H groups in total. The maximum atomic E-state index is 13.1. The van der Waals surface area contributed by atoms with Crippen LogP contribution in [0.4, 0.5) is 0 Å². The number of unbranched alkanes of at least 4 members (excludes halogenated alkanes) is 14. The SMILES string of the molecule is CC/C=C\C/C=C\C/C=C\C/C=C\C/C=C\C/C=C\CCC(=O)OCC(COP(=O)(O)OCC(O)COP(=O)(O)OCC(COC(=O)CCCC/C=C\C/C=C\C/C=C\C/C=C\CC)OC(=O)CCCCCCCCCCCCCCC)OC(=O)CC/C=C\C/C=C\C/C=C\C/C=C\C/C=C\C/C=C\CC. The summed E-state index contributed by atoms with van der Waals surface area (Å²) in [4.78, 5) is 72.9. The normalized spacial score (nSPS) is 14.9. The van der Waals surface area contributed by atoms with E-state index in [1.54, 1.807) is 0 Å². The number of carbonyl (C=O) groups is 4. The van der Waals surface area contributed by atoms with E-state index in [1.165, 1.54) is 51.4 Å². The molecule has 0 rings (SSSR count). The summed E-state index contributed by atoms with van der Waals surface area (Å²) in [6.45, 7) is 4.28. The quantitative estimate of drug-likeness (QED) is 0.0169. The molecule has 0 amide bonds. The van der Waals surface area contributed by atoms with E-state index in [0.717, 1.165) is 128 Å². The van der Waals surface area contributed by atoms with Crippen LogP contribution in [-0.2, 0) is 65.4 Å². The van der Waals surface area contributed by atoms with E-state index >= 15 is 0 Å². The van der Waals surface area contributed by atoms with Crippen LogP contribution < -0.4 is 0 Å². The minimum absolute atomic E-state index is 0.0117. The second kappa shape index (κ2) is 77.1. The highest BCUT2D eigenvalue weighted by molar-refractivity contribution is 7.47. The number of phosphoric acid groups is 2. The summed E-state index contributed by atoms with van der Waals surface area (Å²) in [5, 5.41) is 10.6. The van der Waals surface area contributed by atoms with E-state index in [2.05, 4.69) is 186 Å². The molecule has 0 saturated heterocycles. The minimum Gasteiger partial charge on any atom is -0.462 e. The molecule has 0 bridgehead atoms. The second-order valence-corrected chi connectivity index (χ2v) is 28.4. The standard InChI is InChI=1S/C87H138O17P2/c1-5-9-13-17-21-25-29-33-36-38-40-42-45-49-52-56-60-64-68-72-85(90)98-78-83(104-87(92)74-70-66-62-58-54-50-46-43-41-39-37-34-30-26-22-18-14-10-6-2)80-102-106(95,96)100-76-81(88)75-99-105(93,94)101-79-82(103-86(91)73-69-65-61-57-53-47-32-28-24-20-16-12-8-4)77-97-84(89)71-67-63-59-55-51-48-44-35-31-27-23-19-15-11-7-3/h9-11,13-15,21-23,25-27,33-37,40-44,49-52,54-55,60,62,64,66,81-83,88H,5-8,12,16-20,24,28-32,38-39,45-48,53,56-59,61,63,65,67-80H2,1-4H3,(H,93,94)(H,95,96)/b13-9-,14-10-,15-11-,25-21-,26-22-,27-23-,36-33-,37-34-,42-40-,43-41-,44-35-,52-49-,54-50-,55-51-,64-60-,66-62-. The third-order valence-electron chi connectivity index (χ3n) is 15.6. The number of esters is 4. The van der Waals surface area contributed by atoms with Gasteiger partial charge in [0.15, 0.2) is 12.2 Å². The van der Waals surface area contributed by atoms with Gasteiger partial charge < -0.3 is 33.8 Å². The van der Waals surface area contributed by atoms with Gasteiger partial charge in [-0.15, -0.1) is 0 Å². The Hall–Kier alpha value is -6.10. The van der Waals surface area contributed by atoms with Crippen molar-refractivity contribution in [2.75, 3.05) is 39.6 Å². The molecule has 0 fully saturated rings. The molecule has 0 heterocycles. The van der Waals surface area contributed by atoms with Gasteiger partial charge in [0.2, 0.25) is 0 Å². The van der Waals surface area contributed by atoms with Gasteiger partial charge in [-0.05, 0) is 141 Å². The van der Waals surface area contributed by atoms with Crippen molar-refractivity contribution in [3.63, 3.8) is 0 Å². The first-order valence-corrected chi connectivity index (χ1v) is 42.7. The lowest BCUT2D eigenvalue weighted by Crippen LogP contribution is -2.30. The Morgan fingerprint density at radius 3 is 0.830 bits per heavy atom. The van der Waals surface area contributed by atoms with E-state index in [4.69, 9.17) is 37.0 Å². The van der Waals surface area contributed by atoms with Crippen LogP contribution in [0.5, 0.6) is 0 Å².